The zero-order chi connectivity index (χ0) is 12.7. The molecule has 2 aliphatic heterocycles. The summed E-state index contributed by atoms with van der Waals surface area (Å²) in [5, 5.41) is 10.7. The van der Waals surface area contributed by atoms with Gasteiger partial charge in [0.25, 0.3) is 0 Å². The molecule has 0 bridgehead atoms. The Labute approximate surface area is 107 Å². The molecular weight excluding hydrogens is 252 g/mol. The van der Waals surface area contributed by atoms with Gasteiger partial charge in [-0.2, -0.15) is 19.8 Å². The highest BCUT2D eigenvalue weighted by atomic mass is 32.2. The zero-order valence-corrected chi connectivity index (χ0v) is 10.1. The third-order valence-electron chi connectivity index (χ3n) is 2.80. The molecule has 1 aliphatic carbocycles. The summed E-state index contributed by atoms with van der Waals surface area (Å²) in [5.41, 5.74) is 15.1. The molecule has 1 amide bonds. The molecular formula is C10H10N6OS. The molecule has 0 unspecified atom stereocenters. The molecule has 0 saturated heterocycles. The quantitative estimate of drug-likeness (QED) is 0.647. The van der Waals surface area contributed by atoms with Crippen molar-refractivity contribution < 1.29 is 4.79 Å². The van der Waals surface area contributed by atoms with Crippen LogP contribution in [0.3, 0.4) is 0 Å². The maximum atomic E-state index is 11.1. The molecule has 7 nitrogen and oxygen atoms in total. The number of hydrogen-bond donors (Lipinski definition) is 3. The molecule has 0 aromatic rings. The first-order chi connectivity index (χ1) is 8.66. The van der Waals surface area contributed by atoms with Crippen LogP contribution >= 0.6 is 11.9 Å². The summed E-state index contributed by atoms with van der Waals surface area (Å²) in [6.45, 7) is 0. The molecule has 0 spiro atoms. The Morgan fingerprint density at radius 3 is 3.11 bits per heavy atom. The van der Waals surface area contributed by atoms with E-state index in [1.165, 1.54) is 11.9 Å². The average molecular weight is 262 g/mol. The van der Waals surface area contributed by atoms with E-state index >= 15 is 0 Å². The number of carbonyl (C=O) groups is 1. The molecule has 0 aromatic heterocycles. The van der Waals surface area contributed by atoms with Gasteiger partial charge >= 0.3 is 0 Å². The lowest BCUT2D eigenvalue weighted by atomic mass is 10.1. The summed E-state index contributed by atoms with van der Waals surface area (Å²) in [4.78, 5) is 11.1. The largest absolute Gasteiger partial charge is 0.381 e. The van der Waals surface area contributed by atoms with E-state index in [-0.39, 0.29) is 12.3 Å². The van der Waals surface area contributed by atoms with Crippen LogP contribution in [-0.4, -0.2) is 27.2 Å². The van der Waals surface area contributed by atoms with E-state index in [2.05, 4.69) is 19.8 Å². The number of aromatic nitrogens is 3. The minimum Gasteiger partial charge on any atom is -0.381 e. The van der Waals surface area contributed by atoms with Crippen LogP contribution in [0.5, 0.6) is 0 Å². The molecule has 0 radical (unpaired) electrons. The van der Waals surface area contributed by atoms with Crippen LogP contribution in [0.2, 0.25) is 0 Å². The van der Waals surface area contributed by atoms with Crippen molar-refractivity contribution in [3.8, 4) is 11.3 Å². The van der Waals surface area contributed by atoms with Crippen LogP contribution in [0.4, 0.5) is 0 Å². The van der Waals surface area contributed by atoms with Crippen molar-refractivity contribution in [2.75, 3.05) is 0 Å². The smallest absolute Gasteiger partial charge is 0.221 e. The van der Waals surface area contributed by atoms with Crippen molar-refractivity contribution in [1.82, 2.24) is 15.4 Å². The number of amidine groups is 1. The van der Waals surface area contributed by atoms with Crippen LogP contribution in [0.15, 0.2) is 10.5 Å². The molecule has 3 aliphatic rings. The van der Waals surface area contributed by atoms with Crippen molar-refractivity contribution in [3.63, 3.8) is 0 Å². The summed E-state index contributed by atoms with van der Waals surface area (Å²) in [7, 11) is 0. The van der Waals surface area contributed by atoms with Gasteiger partial charge in [0.2, 0.25) is 5.91 Å². The van der Waals surface area contributed by atoms with Gasteiger partial charge in [-0.1, -0.05) is 0 Å². The van der Waals surface area contributed by atoms with E-state index in [1.54, 1.807) is 0 Å². The number of carbonyl (C=O) groups excluding carboxylic acids is 1. The van der Waals surface area contributed by atoms with Crippen molar-refractivity contribution in [1.29, 1.82) is 0 Å². The minimum absolute atomic E-state index is 0.186. The number of hydrogen-bond acceptors (Lipinski definition) is 6. The van der Waals surface area contributed by atoms with Crippen LogP contribution in [0, 0.1) is 0 Å². The van der Waals surface area contributed by atoms with Crippen molar-refractivity contribution in [3.05, 3.63) is 22.9 Å². The van der Waals surface area contributed by atoms with Crippen LogP contribution in [0.25, 0.3) is 11.3 Å². The Morgan fingerprint density at radius 2 is 2.33 bits per heavy atom. The van der Waals surface area contributed by atoms with Crippen molar-refractivity contribution in [2.45, 2.75) is 12.2 Å². The fourth-order valence-corrected chi connectivity index (χ4v) is 2.83. The lowest BCUT2D eigenvalue weighted by Crippen LogP contribution is -2.17. The van der Waals surface area contributed by atoms with Crippen LogP contribution in [0.1, 0.15) is 16.8 Å². The Morgan fingerprint density at radius 1 is 1.50 bits per heavy atom. The van der Waals surface area contributed by atoms with E-state index < -0.39 is 0 Å². The van der Waals surface area contributed by atoms with E-state index in [1.807, 2.05) is 6.07 Å². The first-order valence-corrected chi connectivity index (χ1v) is 6.20. The minimum atomic E-state index is -0.372. The molecule has 2 heterocycles. The van der Waals surface area contributed by atoms with Gasteiger partial charge < -0.3 is 11.5 Å². The number of amides is 1. The van der Waals surface area contributed by atoms with E-state index in [0.717, 1.165) is 22.4 Å². The third kappa shape index (κ3) is 1.61. The Kier molecular flexibility index (Phi) is 2.44. The van der Waals surface area contributed by atoms with Crippen molar-refractivity contribution >= 4 is 23.7 Å². The monoisotopic (exact) mass is 262 g/mol. The fourth-order valence-electron chi connectivity index (χ4n) is 2.08. The summed E-state index contributed by atoms with van der Waals surface area (Å²) in [6.07, 6.45) is 0.186. The van der Waals surface area contributed by atoms with E-state index in [9.17, 15) is 4.79 Å². The Hall–Kier alpha value is -2.09. The highest BCUT2D eigenvalue weighted by molar-refractivity contribution is 7.97. The first-order valence-electron chi connectivity index (χ1n) is 5.26. The number of rotatable bonds is 2. The van der Waals surface area contributed by atoms with Gasteiger partial charge in [0.1, 0.15) is 5.69 Å². The number of primary amides is 1. The first kappa shape index (κ1) is 11.0. The summed E-state index contributed by atoms with van der Waals surface area (Å²) in [6, 6.07) is 1.84. The standard InChI is InChI=1S/C10H10N6OS/c11-7(17)2-4-1-6-8-5(4)3-18-15-10(12)9(8)14-16-13-6/h1,16H,2-3H2,(H2,11,17)(H2,12,15). The molecule has 8 heteroatoms. The number of nitrogens with zero attached hydrogens (tertiary/aromatic N) is 3. The number of nitrogens with one attached hydrogen (secondary N) is 1. The molecule has 5 N–H and O–H groups in total. The van der Waals surface area contributed by atoms with Gasteiger partial charge in [0.05, 0.1) is 12.1 Å². The zero-order valence-electron chi connectivity index (χ0n) is 9.30. The maximum absolute atomic E-state index is 11.1. The lowest BCUT2D eigenvalue weighted by molar-refractivity contribution is -0.117. The molecule has 18 heavy (non-hydrogen) atoms. The molecule has 0 fully saturated rings. The second-order valence-electron chi connectivity index (χ2n) is 3.97. The molecule has 0 aromatic carbocycles. The van der Waals surface area contributed by atoms with Gasteiger partial charge in [-0.15, -0.1) is 0 Å². The van der Waals surface area contributed by atoms with Gasteiger partial charge in [-0.25, -0.2) is 0 Å². The van der Waals surface area contributed by atoms with Gasteiger partial charge in [0.15, 0.2) is 5.84 Å². The molecule has 92 valence electrons. The topological polar surface area (TPSA) is 123 Å². The summed E-state index contributed by atoms with van der Waals surface area (Å²) < 4.78 is 4.14. The number of H-pyrrole nitrogens is 1. The second kappa shape index (κ2) is 3.98. The second-order valence-corrected chi connectivity index (χ2v) is 4.70. The molecule has 0 atom stereocenters. The van der Waals surface area contributed by atoms with E-state index in [0.29, 0.717) is 17.3 Å². The summed E-state index contributed by atoms with van der Waals surface area (Å²) in [5.74, 6) is 0.620. The average Bonchev–Trinajstić information content (AvgIpc) is 2.55. The number of nitrogens with two attached hydrogens (primary N) is 2. The van der Waals surface area contributed by atoms with Gasteiger partial charge in [0, 0.05) is 11.3 Å². The predicted molar refractivity (Wildman–Crippen MR) is 67.9 cm³/mol. The molecule has 0 saturated carbocycles. The fraction of sp³-hybridized carbons (Fsp3) is 0.200. The third-order valence-corrected chi connectivity index (χ3v) is 3.55. The normalized spacial score (nSPS) is 14.3. The highest BCUT2D eigenvalue weighted by Crippen LogP contribution is 2.37. The SMILES string of the molecule is NC(=O)Cc1cc2n[nH]nc3c-2c1CSN=C3N. The lowest BCUT2D eigenvalue weighted by Gasteiger charge is -2.04. The molecule has 3 rings (SSSR count). The Balaban J connectivity index is 2.26. The maximum Gasteiger partial charge on any atom is 0.221 e. The predicted octanol–water partition coefficient (Wildman–Crippen LogP) is -0.196. The van der Waals surface area contributed by atoms with E-state index in [4.69, 9.17) is 11.5 Å². The van der Waals surface area contributed by atoms with Gasteiger partial charge in [-0.3, -0.25) is 4.79 Å². The van der Waals surface area contributed by atoms with Crippen LogP contribution in [-0.2, 0) is 17.0 Å². The summed E-state index contributed by atoms with van der Waals surface area (Å²) >= 11 is 1.33. The van der Waals surface area contributed by atoms with Gasteiger partial charge in [-0.05, 0) is 29.1 Å². The highest BCUT2D eigenvalue weighted by Gasteiger charge is 2.26. The van der Waals surface area contributed by atoms with Crippen molar-refractivity contribution in [2.24, 2.45) is 15.9 Å². The van der Waals surface area contributed by atoms with Crippen LogP contribution < -0.4 is 11.5 Å². The number of aromatic amines is 1. The Bertz CT molecular complexity index is 634.